The third-order valence-electron chi connectivity index (χ3n) is 4.63. The summed E-state index contributed by atoms with van der Waals surface area (Å²) in [5, 5.41) is 10.0. The molecule has 0 aliphatic heterocycles. The molecule has 0 atom stereocenters. The van der Waals surface area contributed by atoms with Crippen LogP contribution in [0.4, 0.5) is 11.4 Å². The van der Waals surface area contributed by atoms with E-state index in [4.69, 9.17) is 4.74 Å². The number of amides is 2. The van der Waals surface area contributed by atoms with Crippen molar-refractivity contribution in [2.75, 3.05) is 17.7 Å². The van der Waals surface area contributed by atoms with E-state index in [2.05, 4.69) is 15.7 Å². The summed E-state index contributed by atoms with van der Waals surface area (Å²) in [6, 6.07) is 15.2. The van der Waals surface area contributed by atoms with E-state index in [-0.39, 0.29) is 11.8 Å². The highest BCUT2D eigenvalue weighted by Gasteiger charge is 2.10. The molecule has 2 aromatic carbocycles. The number of rotatable bonds is 7. The Morgan fingerprint density at radius 1 is 1.03 bits per heavy atom. The first-order chi connectivity index (χ1) is 14.4. The van der Waals surface area contributed by atoms with E-state index >= 15 is 0 Å². The Morgan fingerprint density at radius 2 is 1.77 bits per heavy atom. The molecule has 0 spiro atoms. The normalized spacial score (nSPS) is 10.5. The Bertz CT molecular complexity index is 1050. The number of aromatic nitrogens is 2. The number of methoxy groups -OCH3 is 1. The maximum atomic E-state index is 12.5. The number of carbonyl (C=O) groups is 2. The van der Waals surface area contributed by atoms with Crippen molar-refractivity contribution in [3.63, 3.8) is 0 Å². The third kappa shape index (κ3) is 5.26. The Morgan fingerprint density at radius 3 is 2.37 bits per heavy atom. The lowest BCUT2D eigenvalue weighted by atomic mass is 10.1. The highest BCUT2D eigenvalue weighted by Crippen LogP contribution is 2.28. The van der Waals surface area contributed by atoms with Gasteiger partial charge in [0.05, 0.1) is 24.2 Å². The lowest BCUT2D eigenvalue weighted by molar-refractivity contribution is -0.116. The number of aryl methyl sites for hydroxylation is 3. The minimum absolute atomic E-state index is 0.129. The second kappa shape index (κ2) is 9.26. The zero-order valence-electron chi connectivity index (χ0n) is 17.7. The smallest absolute Gasteiger partial charge is 0.224 e. The second-order valence-corrected chi connectivity index (χ2v) is 7.15. The van der Waals surface area contributed by atoms with Gasteiger partial charge in [-0.3, -0.25) is 9.59 Å². The molecule has 0 radical (unpaired) electrons. The molecule has 0 saturated carbocycles. The zero-order chi connectivity index (χ0) is 21.7. The molecule has 3 aromatic rings. The Labute approximate surface area is 176 Å². The van der Waals surface area contributed by atoms with Crippen molar-refractivity contribution in [2.45, 2.75) is 33.6 Å². The van der Waals surface area contributed by atoms with Gasteiger partial charge in [-0.1, -0.05) is 12.1 Å². The largest absolute Gasteiger partial charge is 0.495 e. The number of ether oxygens (including phenoxy) is 1. The highest BCUT2D eigenvalue weighted by atomic mass is 16.5. The topological polar surface area (TPSA) is 85.3 Å². The number of hydrogen-bond donors (Lipinski definition) is 2. The lowest BCUT2D eigenvalue weighted by Crippen LogP contribution is -2.14. The fraction of sp³-hybridized carbons (Fsp3) is 0.261. The van der Waals surface area contributed by atoms with Crippen molar-refractivity contribution in [2.24, 2.45) is 0 Å². The Hall–Kier alpha value is -3.61. The van der Waals surface area contributed by atoms with Crippen molar-refractivity contribution in [3.05, 3.63) is 65.5 Å². The molecule has 2 N–H and O–H groups in total. The van der Waals surface area contributed by atoms with E-state index in [1.54, 1.807) is 18.2 Å². The van der Waals surface area contributed by atoms with Gasteiger partial charge in [0.25, 0.3) is 0 Å². The molecule has 0 aliphatic rings. The van der Waals surface area contributed by atoms with Gasteiger partial charge in [-0.2, -0.15) is 5.10 Å². The summed E-state index contributed by atoms with van der Waals surface area (Å²) in [5.74, 6) is 0.226. The maximum Gasteiger partial charge on any atom is 0.224 e. The predicted molar refractivity (Wildman–Crippen MR) is 117 cm³/mol. The van der Waals surface area contributed by atoms with Crippen LogP contribution in [0.5, 0.6) is 5.75 Å². The number of nitrogens with zero attached hydrogens (tertiary/aromatic N) is 2. The molecule has 156 valence electrons. The second-order valence-electron chi connectivity index (χ2n) is 7.15. The van der Waals surface area contributed by atoms with Crippen LogP contribution in [0.1, 0.15) is 30.3 Å². The molecule has 0 aliphatic carbocycles. The molecular formula is C23H26N4O3. The molecule has 0 fully saturated rings. The van der Waals surface area contributed by atoms with E-state index in [1.165, 1.54) is 14.0 Å². The monoisotopic (exact) mass is 406 g/mol. The highest BCUT2D eigenvalue weighted by molar-refractivity contribution is 5.95. The Balaban J connectivity index is 1.62. The first-order valence-electron chi connectivity index (χ1n) is 9.74. The average molecular weight is 406 g/mol. The maximum absolute atomic E-state index is 12.5. The van der Waals surface area contributed by atoms with Crippen LogP contribution < -0.4 is 15.4 Å². The molecule has 7 heteroatoms. The minimum Gasteiger partial charge on any atom is -0.495 e. The van der Waals surface area contributed by atoms with E-state index in [1.807, 2.05) is 48.9 Å². The van der Waals surface area contributed by atoms with Gasteiger partial charge in [-0.05, 0) is 62.2 Å². The predicted octanol–water partition coefficient (Wildman–Crippen LogP) is 4.03. The summed E-state index contributed by atoms with van der Waals surface area (Å²) in [6.07, 6.45) is 0.934. The van der Waals surface area contributed by atoms with Gasteiger partial charge in [0.1, 0.15) is 5.75 Å². The number of anilines is 2. The summed E-state index contributed by atoms with van der Waals surface area (Å²) in [5.41, 5.74) is 5.23. The fourth-order valence-corrected chi connectivity index (χ4v) is 3.25. The van der Waals surface area contributed by atoms with Gasteiger partial charge in [0.15, 0.2) is 0 Å². The third-order valence-corrected chi connectivity index (χ3v) is 4.63. The molecule has 1 heterocycles. The molecule has 3 rings (SSSR count). The minimum atomic E-state index is -0.179. The molecule has 30 heavy (non-hydrogen) atoms. The molecule has 2 amide bonds. The molecule has 0 unspecified atom stereocenters. The molecule has 0 bridgehead atoms. The van der Waals surface area contributed by atoms with Crippen LogP contribution >= 0.6 is 0 Å². The van der Waals surface area contributed by atoms with Crippen molar-refractivity contribution >= 4 is 23.2 Å². The first-order valence-corrected chi connectivity index (χ1v) is 9.74. The Kier molecular flexibility index (Phi) is 6.51. The van der Waals surface area contributed by atoms with Crippen molar-refractivity contribution < 1.29 is 14.3 Å². The molecule has 7 nitrogen and oxygen atoms in total. The number of carbonyl (C=O) groups excluding carboxylic acids is 2. The molecule has 1 aromatic heterocycles. The van der Waals surface area contributed by atoms with Gasteiger partial charge >= 0.3 is 0 Å². The van der Waals surface area contributed by atoms with E-state index in [0.717, 1.165) is 22.6 Å². The van der Waals surface area contributed by atoms with Crippen molar-refractivity contribution in [1.29, 1.82) is 0 Å². The zero-order valence-corrected chi connectivity index (χ0v) is 17.7. The van der Waals surface area contributed by atoms with Crippen LogP contribution in [0.3, 0.4) is 0 Å². The lowest BCUT2D eigenvalue weighted by Gasteiger charge is -2.12. The van der Waals surface area contributed by atoms with Crippen LogP contribution in [-0.2, 0) is 16.0 Å². The summed E-state index contributed by atoms with van der Waals surface area (Å²) in [4.78, 5) is 23.7. The molecular weight excluding hydrogens is 380 g/mol. The van der Waals surface area contributed by atoms with E-state index < -0.39 is 0 Å². The molecule has 0 saturated heterocycles. The number of hydrogen-bond acceptors (Lipinski definition) is 4. The van der Waals surface area contributed by atoms with E-state index in [0.29, 0.717) is 30.0 Å². The van der Waals surface area contributed by atoms with E-state index in [9.17, 15) is 9.59 Å². The van der Waals surface area contributed by atoms with Crippen LogP contribution in [0.15, 0.2) is 48.5 Å². The van der Waals surface area contributed by atoms with Crippen LogP contribution in [0.2, 0.25) is 0 Å². The average Bonchev–Trinajstić information content (AvgIpc) is 3.04. The summed E-state index contributed by atoms with van der Waals surface area (Å²) in [6.45, 7) is 5.42. The standard InChI is InChI=1S/C23H26N4O3/c1-15-13-16(2)27(26-15)20-9-5-18(6-10-20)7-12-23(29)25-21-14-19(24-17(3)28)8-11-22(21)30-4/h5-6,8-11,13-14H,7,12H2,1-4H3,(H,24,28)(H,25,29). The van der Waals surface area contributed by atoms with Crippen LogP contribution in [0, 0.1) is 13.8 Å². The van der Waals surface area contributed by atoms with Gasteiger partial charge in [0, 0.05) is 24.7 Å². The number of benzene rings is 2. The summed E-state index contributed by atoms with van der Waals surface area (Å²) < 4.78 is 7.20. The van der Waals surface area contributed by atoms with Gasteiger partial charge in [-0.25, -0.2) is 4.68 Å². The summed E-state index contributed by atoms with van der Waals surface area (Å²) in [7, 11) is 1.54. The first kappa shape index (κ1) is 21.1. The van der Waals surface area contributed by atoms with Crippen LogP contribution in [0.25, 0.3) is 5.69 Å². The SMILES string of the molecule is COc1ccc(NC(C)=O)cc1NC(=O)CCc1ccc(-n2nc(C)cc2C)cc1. The number of nitrogens with one attached hydrogen (secondary N) is 2. The van der Waals surface area contributed by atoms with Gasteiger partial charge in [0.2, 0.25) is 11.8 Å². The quantitative estimate of drug-likeness (QED) is 0.620. The van der Waals surface area contributed by atoms with Crippen molar-refractivity contribution in [1.82, 2.24) is 9.78 Å². The summed E-state index contributed by atoms with van der Waals surface area (Å²) >= 11 is 0. The fourth-order valence-electron chi connectivity index (χ4n) is 3.25. The van der Waals surface area contributed by atoms with Gasteiger partial charge < -0.3 is 15.4 Å². The van der Waals surface area contributed by atoms with Gasteiger partial charge in [-0.15, -0.1) is 0 Å². The van der Waals surface area contributed by atoms with Crippen molar-refractivity contribution in [3.8, 4) is 11.4 Å². The van der Waals surface area contributed by atoms with Crippen LogP contribution in [-0.4, -0.2) is 28.7 Å².